The fourth-order valence-electron chi connectivity index (χ4n) is 1.46. The molecule has 15 heavy (non-hydrogen) atoms. The van der Waals surface area contributed by atoms with Crippen LogP contribution in [0.25, 0.3) is 0 Å². The van der Waals surface area contributed by atoms with Crippen molar-refractivity contribution in [3.05, 3.63) is 29.8 Å². The summed E-state index contributed by atoms with van der Waals surface area (Å²) in [6.45, 7) is 1.61. The van der Waals surface area contributed by atoms with Crippen LogP contribution in [0.5, 0.6) is 0 Å². The van der Waals surface area contributed by atoms with Gasteiger partial charge in [0.1, 0.15) is 22.3 Å². The van der Waals surface area contributed by atoms with Gasteiger partial charge < -0.3 is 0 Å². The van der Waals surface area contributed by atoms with Crippen molar-refractivity contribution < 1.29 is 13.6 Å². The molecule has 1 aromatic rings. The lowest BCUT2D eigenvalue weighted by Gasteiger charge is -2.37. The Morgan fingerprint density at radius 2 is 1.87 bits per heavy atom. The van der Waals surface area contributed by atoms with E-state index in [0.717, 1.165) is 17.0 Å². The minimum atomic E-state index is -0.780. The molecule has 1 aliphatic heterocycles. The quantitative estimate of drug-likeness (QED) is 0.542. The molecular weight excluding hydrogens is 220 g/mol. The van der Waals surface area contributed by atoms with Gasteiger partial charge in [-0.15, -0.1) is 0 Å². The van der Waals surface area contributed by atoms with Gasteiger partial charge in [-0.3, -0.25) is 9.69 Å². The van der Waals surface area contributed by atoms with Crippen LogP contribution < -0.4 is 4.90 Å². The highest BCUT2D eigenvalue weighted by atomic mass is 32.1. The Morgan fingerprint density at radius 1 is 1.33 bits per heavy atom. The molecule has 0 bridgehead atoms. The Balaban J connectivity index is 2.48. The van der Waals surface area contributed by atoms with Crippen molar-refractivity contribution in [2.45, 2.75) is 6.92 Å². The molecule has 1 aromatic carbocycles. The average Bonchev–Trinajstić information content (AvgIpc) is 2.22. The monoisotopic (exact) mass is 227 g/mol. The number of hydrogen-bond donors (Lipinski definition) is 0. The first-order valence-corrected chi connectivity index (χ1v) is 4.76. The Hall–Kier alpha value is -1.36. The molecule has 0 aromatic heterocycles. The van der Waals surface area contributed by atoms with E-state index in [-0.39, 0.29) is 16.6 Å². The number of amides is 1. The van der Waals surface area contributed by atoms with E-state index in [1.807, 2.05) is 0 Å². The molecule has 1 atom stereocenters. The predicted molar refractivity (Wildman–Crippen MR) is 55.6 cm³/mol. The first-order chi connectivity index (χ1) is 7.04. The number of rotatable bonds is 1. The number of halogens is 2. The fourth-order valence-corrected chi connectivity index (χ4v) is 1.74. The van der Waals surface area contributed by atoms with E-state index in [1.54, 1.807) is 6.92 Å². The second-order valence-corrected chi connectivity index (χ2v) is 3.72. The van der Waals surface area contributed by atoms with E-state index in [0.29, 0.717) is 0 Å². The third-order valence-electron chi connectivity index (χ3n) is 2.34. The second-order valence-electron chi connectivity index (χ2n) is 3.30. The van der Waals surface area contributed by atoms with E-state index in [9.17, 15) is 13.6 Å². The van der Waals surface area contributed by atoms with Crippen LogP contribution in [0.2, 0.25) is 0 Å². The number of thiocarbonyl (C=S) groups is 1. The molecule has 1 unspecified atom stereocenters. The van der Waals surface area contributed by atoms with Gasteiger partial charge in [-0.1, -0.05) is 18.3 Å². The van der Waals surface area contributed by atoms with Gasteiger partial charge in [-0.2, -0.15) is 0 Å². The molecular formula is C10H7F2NOS. The molecule has 0 radical (unpaired) electrons. The lowest BCUT2D eigenvalue weighted by molar-refractivity contribution is -0.121. The second kappa shape index (κ2) is 3.34. The first kappa shape index (κ1) is 10.2. The maximum atomic E-state index is 13.3. The summed E-state index contributed by atoms with van der Waals surface area (Å²) in [5.74, 6) is -2.36. The van der Waals surface area contributed by atoms with E-state index >= 15 is 0 Å². The van der Waals surface area contributed by atoms with Crippen LogP contribution in [0.1, 0.15) is 6.92 Å². The van der Waals surface area contributed by atoms with Gasteiger partial charge in [0.2, 0.25) is 5.91 Å². The molecule has 5 heteroatoms. The molecule has 1 heterocycles. The van der Waals surface area contributed by atoms with Crippen LogP contribution in [-0.2, 0) is 4.79 Å². The number of para-hydroxylation sites is 1. The summed E-state index contributed by atoms with van der Waals surface area (Å²) in [4.78, 5) is 12.5. The van der Waals surface area contributed by atoms with Gasteiger partial charge in [-0.05, 0) is 19.1 Å². The van der Waals surface area contributed by atoms with Crippen molar-refractivity contribution in [1.29, 1.82) is 0 Å². The average molecular weight is 227 g/mol. The van der Waals surface area contributed by atoms with Crippen LogP contribution >= 0.6 is 12.2 Å². The Kier molecular flexibility index (Phi) is 2.26. The molecule has 1 amide bonds. The van der Waals surface area contributed by atoms with Gasteiger partial charge in [0, 0.05) is 0 Å². The normalized spacial score (nSPS) is 20.5. The SMILES string of the molecule is CC1C(=O)N(c2c(F)cccc2F)C1=S. The molecule has 1 fully saturated rings. The lowest BCUT2D eigenvalue weighted by atomic mass is 10.00. The molecule has 2 rings (SSSR count). The van der Waals surface area contributed by atoms with Crippen molar-refractivity contribution in [3.63, 3.8) is 0 Å². The van der Waals surface area contributed by atoms with Gasteiger partial charge in [0.15, 0.2) is 0 Å². The summed E-state index contributed by atoms with van der Waals surface area (Å²) in [7, 11) is 0. The highest BCUT2D eigenvalue weighted by molar-refractivity contribution is 7.81. The number of anilines is 1. The molecule has 78 valence electrons. The van der Waals surface area contributed by atoms with E-state index in [1.165, 1.54) is 6.07 Å². The van der Waals surface area contributed by atoms with Crippen LogP contribution in [0, 0.1) is 17.6 Å². The van der Waals surface area contributed by atoms with Crippen molar-refractivity contribution in [3.8, 4) is 0 Å². The molecule has 0 aliphatic carbocycles. The summed E-state index contributed by atoms with van der Waals surface area (Å²) in [6.07, 6.45) is 0. The summed E-state index contributed by atoms with van der Waals surface area (Å²) < 4.78 is 26.6. The molecule has 2 nitrogen and oxygen atoms in total. The standard InChI is InChI=1S/C10H7F2NOS/c1-5-9(14)13(10(5)15)8-6(11)3-2-4-7(8)12/h2-5H,1H3. The van der Waals surface area contributed by atoms with Gasteiger partial charge in [-0.25, -0.2) is 8.78 Å². The Labute approximate surface area is 90.5 Å². The Bertz CT molecular complexity index is 424. The molecule has 0 N–H and O–H groups in total. The first-order valence-electron chi connectivity index (χ1n) is 4.36. The summed E-state index contributed by atoms with van der Waals surface area (Å²) in [5, 5.41) is 0. The highest BCUT2D eigenvalue weighted by Crippen LogP contribution is 2.32. The van der Waals surface area contributed by atoms with E-state index in [4.69, 9.17) is 12.2 Å². The van der Waals surface area contributed by atoms with Crippen LogP contribution in [-0.4, -0.2) is 10.9 Å². The van der Waals surface area contributed by atoms with E-state index < -0.39 is 17.6 Å². The van der Waals surface area contributed by atoms with Crippen molar-refractivity contribution in [1.82, 2.24) is 0 Å². The largest absolute Gasteiger partial charge is 0.273 e. The molecule has 0 saturated carbocycles. The smallest absolute Gasteiger partial charge is 0.241 e. The van der Waals surface area contributed by atoms with Crippen LogP contribution in [0.15, 0.2) is 18.2 Å². The minimum absolute atomic E-state index is 0.254. The van der Waals surface area contributed by atoms with Gasteiger partial charge in [0.05, 0.1) is 5.92 Å². The number of β-lactam (4-membered cyclic amide) rings is 1. The third kappa shape index (κ3) is 1.34. The van der Waals surface area contributed by atoms with E-state index in [2.05, 4.69) is 0 Å². The van der Waals surface area contributed by atoms with Gasteiger partial charge in [0.25, 0.3) is 0 Å². The molecule has 0 spiro atoms. The highest BCUT2D eigenvalue weighted by Gasteiger charge is 2.42. The molecule has 1 saturated heterocycles. The zero-order chi connectivity index (χ0) is 11.2. The van der Waals surface area contributed by atoms with Crippen LogP contribution in [0.4, 0.5) is 14.5 Å². The van der Waals surface area contributed by atoms with Crippen molar-refractivity contribution in [2.24, 2.45) is 5.92 Å². The van der Waals surface area contributed by atoms with Crippen molar-refractivity contribution >= 4 is 28.8 Å². The maximum absolute atomic E-state index is 13.3. The fraction of sp³-hybridized carbons (Fsp3) is 0.200. The summed E-state index contributed by atoms with van der Waals surface area (Å²) >= 11 is 4.88. The number of carbonyl (C=O) groups is 1. The lowest BCUT2D eigenvalue weighted by Crippen LogP contribution is -2.56. The van der Waals surface area contributed by atoms with Gasteiger partial charge >= 0.3 is 0 Å². The molecule has 1 aliphatic rings. The number of nitrogens with zero attached hydrogens (tertiary/aromatic N) is 1. The van der Waals surface area contributed by atoms with Crippen LogP contribution in [0.3, 0.4) is 0 Å². The predicted octanol–water partition coefficient (Wildman–Crippen LogP) is 2.27. The van der Waals surface area contributed by atoms with Crippen molar-refractivity contribution in [2.75, 3.05) is 4.90 Å². The maximum Gasteiger partial charge on any atom is 0.241 e. The number of benzene rings is 1. The number of carbonyl (C=O) groups excluding carboxylic acids is 1. The zero-order valence-electron chi connectivity index (χ0n) is 7.83. The third-order valence-corrected chi connectivity index (χ3v) is 2.88. The minimum Gasteiger partial charge on any atom is -0.273 e. The summed E-state index contributed by atoms with van der Waals surface area (Å²) in [6, 6.07) is 3.43. The summed E-state index contributed by atoms with van der Waals surface area (Å²) in [5.41, 5.74) is -0.370. The number of hydrogen-bond acceptors (Lipinski definition) is 2. The topological polar surface area (TPSA) is 20.3 Å². The zero-order valence-corrected chi connectivity index (χ0v) is 8.65. The Morgan fingerprint density at radius 3 is 2.33 bits per heavy atom.